The molecule has 0 radical (unpaired) electrons. The maximum absolute atomic E-state index is 4.49. The molecule has 1 saturated heterocycles. The standard InChI is InChI=1S/C14H26N4S/c1-12-10-19-13(16-12)9-15-11-14(2,3)18-7-5-17(4)6-8-18/h10,15H,5-9,11H2,1-4H3. The SMILES string of the molecule is Cc1csc(CNCC(C)(C)N2CCN(C)CC2)n1. The van der Waals surface area contributed by atoms with E-state index in [1.165, 1.54) is 31.2 Å². The van der Waals surface area contributed by atoms with Gasteiger partial charge in [0.25, 0.3) is 0 Å². The van der Waals surface area contributed by atoms with Crippen molar-refractivity contribution in [2.75, 3.05) is 39.8 Å². The number of aryl methyl sites for hydroxylation is 1. The second kappa shape index (κ2) is 6.31. The van der Waals surface area contributed by atoms with Gasteiger partial charge in [0.2, 0.25) is 0 Å². The summed E-state index contributed by atoms with van der Waals surface area (Å²) in [6.45, 7) is 13.3. The van der Waals surface area contributed by atoms with Crippen LogP contribution in [0.15, 0.2) is 5.38 Å². The van der Waals surface area contributed by atoms with Gasteiger partial charge < -0.3 is 10.2 Å². The van der Waals surface area contributed by atoms with E-state index in [1.807, 2.05) is 6.92 Å². The van der Waals surface area contributed by atoms with Gasteiger partial charge in [0.05, 0.1) is 0 Å². The Morgan fingerprint density at radius 3 is 2.58 bits per heavy atom. The molecule has 108 valence electrons. The Balaban J connectivity index is 1.77. The first-order valence-corrected chi connectivity index (χ1v) is 7.91. The molecule has 1 aromatic rings. The van der Waals surface area contributed by atoms with E-state index in [1.54, 1.807) is 11.3 Å². The van der Waals surface area contributed by atoms with Crippen molar-refractivity contribution in [3.05, 3.63) is 16.1 Å². The molecule has 2 rings (SSSR count). The molecule has 0 saturated carbocycles. The van der Waals surface area contributed by atoms with Crippen LogP contribution in [0.2, 0.25) is 0 Å². The Morgan fingerprint density at radius 1 is 1.32 bits per heavy atom. The van der Waals surface area contributed by atoms with Gasteiger partial charge in [-0.3, -0.25) is 4.90 Å². The lowest BCUT2D eigenvalue weighted by atomic mass is 10.0. The number of hydrogen-bond donors (Lipinski definition) is 1. The van der Waals surface area contributed by atoms with Crippen molar-refractivity contribution in [3.63, 3.8) is 0 Å². The number of nitrogens with zero attached hydrogens (tertiary/aromatic N) is 3. The Bertz CT molecular complexity index is 394. The number of piperazine rings is 1. The molecule has 4 nitrogen and oxygen atoms in total. The lowest BCUT2D eigenvalue weighted by molar-refractivity contribution is 0.0618. The van der Waals surface area contributed by atoms with Crippen LogP contribution in [0.25, 0.3) is 0 Å². The molecule has 0 amide bonds. The average Bonchev–Trinajstić information content (AvgIpc) is 2.75. The van der Waals surface area contributed by atoms with Crippen LogP contribution < -0.4 is 5.32 Å². The van der Waals surface area contributed by atoms with Crippen molar-refractivity contribution in [1.82, 2.24) is 20.1 Å². The summed E-state index contributed by atoms with van der Waals surface area (Å²) in [6.07, 6.45) is 0. The van der Waals surface area contributed by atoms with E-state index in [2.05, 4.69) is 46.4 Å². The predicted octanol–water partition coefficient (Wildman–Crippen LogP) is 1.57. The number of likely N-dealkylation sites (N-methyl/N-ethyl adjacent to an activating group) is 1. The molecule has 19 heavy (non-hydrogen) atoms. The van der Waals surface area contributed by atoms with Crippen LogP contribution in [0.4, 0.5) is 0 Å². The van der Waals surface area contributed by atoms with Crippen molar-refractivity contribution in [1.29, 1.82) is 0 Å². The average molecular weight is 282 g/mol. The number of aromatic nitrogens is 1. The third-order valence-corrected chi connectivity index (χ3v) is 4.83. The Labute approximate surface area is 120 Å². The molecule has 1 fully saturated rings. The highest BCUT2D eigenvalue weighted by molar-refractivity contribution is 7.09. The van der Waals surface area contributed by atoms with Gasteiger partial charge in [0.15, 0.2) is 0 Å². The highest BCUT2D eigenvalue weighted by Crippen LogP contribution is 2.16. The summed E-state index contributed by atoms with van der Waals surface area (Å²) in [6, 6.07) is 0. The molecule has 0 bridgehead atoms. The maximum Gasteiger partial charge on any atom is 0.107 e. The van der Waals surface area contributed by atoms with Gasteiger partial charge in [0, 0.05) is 55.9 Å². The van der Waals surface area contributed by atoms with Crippen LogP contribution in [-0.4, -0.2) is 60.1 Å². The van der Waals surface area contributed by atoms with Gasteiger partial charge in [-0.05, 0) is 27.8 Å². The summed E-state index contributed by atoms with van der Waals surface area (Å²) in [7, 11) is 2.20. The van der Waals surface area contributed by atoms with Gasteiger partial charge in [-0.25, -0.2) is 4.98 Å². The second-order valence-corrected chi connectivity index (χ2v) is 7.03. The van der Waals surface area contributed by atoms with Crippen molar-refractivity contribution >= 4 is 11.3 Å². The minimum atomic E-state index is 0.216. The summed E-state index contributed by atoms with van der Waals surface area (Å²) in [5.74, 6) is 0. The van der Waals surface area contributed by atoms with Crippen molar-refractivity contribution < 1.29 is 0 Å². The summed E-state index contributed by atoms with van der Waals surface area (Å²) >= 11 is 1.74. The molecule has 0 unspecified atom stereocenters. The number of thiazole rings is 1. The zero-order valence-electron chi connectivity index (χ0n) is 12.6. The van der Waals surface area contributed by atoms with Crippen LogP contribution in [0, 0.1) is 6.92 Å². The molecule has 1 N–H and O–H groups in total. The molecule has 1 aromatic heterocycles. The van der Waals surface area contributed by atoms with E-state index < -0.39 is 0 Å². The monoisotopic (exact) mass is 282 g/mol. The van der Waals surface area contributed by atoms with Crippen LogP contribution in [-0.2, 0) is 6.54 Å². The normalized spacial score (nSPS) is 18.9. The minimum Gasteiger partial charge on any atom is -0.309 e. The molecular formula is C14H26N4S. The van der Waals surface area contributed by atoms with Gasteiger partial charge in [0.1, 0.15) is 5.01 Å². The lowest BCUT2D eigenvalue weighted by Gasteiger charge is -2.43. The molecule has 5 heteroatoms. The molecule has 1 aliphatic rings. The zero-order chi connectivity index (χ0) is 13.9. The molecule has 0 spiro atoms. The Morgan fingerprint density at radius 2 is 2.00 bits per heavy atom. The van der Waals surface area contributed by atoms with Crippen LogP contribution in [0.5, 0.6) is 0 Å². The zero-order valence-corrected chi connectivity index (χ0v) is 13.4. The van der Waals surface area contributed by atoms with Gasteiger partial charge in [-0.1, -0.05) is 0 Å². The first kappa shape index (κ1) is 14.9. The maximum atomic E-state index is 4.49. The highest BCUT2D eigenvalue weighted by atomic mass is 32.1. The van der Waals surface area contributed by atoms with Crippen molar-refractivity contribution in [3.8, 4) is 0 Å². The Kier molecular flexibility index (Phi) is 4.95. The Hall–Kier alpha value is -0.490. The molecule has 1 aliphatic heterocycles. The van der Waals surface area contributed by atoms with E-state index >= 15 is 0 Å². The fraction of sp³-hybridized carbons (Fsp3) is 0.786. The molecule has 0 atom stereocenters. The van der Waals surface area contributed by atoms with E-state index in [9.17, 15) is 0 Å². The second-order valence-electron chi connectivity index (χ2n) is 6.09. The fourth-order valence-electron chi connectivity index (χ4n) is 2.48. The minimum absolute atomic E-state index is 0.216. The number of hydrogen-bond acceptors (Lipinski definition) is 5. The third kappa shape index (κ3) is 4.24. The summed E-state index contributed by atoms with van der Waals surface area (Å²) < 4.78 is 0. The molecule has 2 heterocycles. The van der Waals surface area contributed by atoms with Crippen LogP contribution in [0.3, 0.4) is 0 Å². The summed E-state index contributed by atoms with van der Waals surface area (Å²) in [5, 5.41) is 6.86. The molecular weight excluding hydrogens is 256 g/mol. The fourth-order valence-corrected chi connectivity index (χ4v) is 3.22. The quantitative estimate of drug-likeness (QED) is 0.888. The van der Waals surface area contributed by atoms with E-state index in [0.29, 0.717) is 0 Å². The topological polar surface area (TPSA) is 31.4 Å². The summed E-state index contributed by atoms with van der Waals surface area (Å²) in [5.41, 5.74) is 1.34. The van der Waals surface area contributed by atoms with Crippen molar-refractivity contribution in [2.45, 2.75) is 32.9 Å². The number of rotatable bonds is 5. The summed E-state index contributed by atoms with van der Waals surface area (Å²) in [4.78, 5) is 9.48. The predicted molar refractivity (Wildman–Crippen MR) is 81.7 cm³/mol. The van der Waals surface area contributed by atoms with E-state index in [-0.39, 0.29) is 5.54 Å². The first-order valence-electron chi connectivity index (χ1n) is 7.03. The van der Waals surface area contributed by atoms with E-state index in [0.717, 1.165) is 18.8 Å². The first-order chi connectivity index (χ1) is 8.97. The van der Waals surface area contributed by atoms with Crippen LogP contribution >= 0.6 is 11.3 Å². The van der Waals surface area contributed by atoms with Gasteiger partial charge in [-0.2, -0.15) is 0 Å². The third-order valence-electron chi connectivity index (χ3n) is 3.86. The van der Waals surface area contributed by atoms with E-state index in [4.69, 9.17) is 0 Å². The van der Waals surface area contributed by atoms with Gasteiger partial charge in [-0.15, -0.1) is 11.3 Å². The number of nitrogens with one attached hydrogen (secondary N) is 1. The highest BCUT2D eigenvalue weighted by Gasteiger charge is 2.28. The smallest absolute Gasteiger partial charge is 0.107 e. The van der Waals surface area contributed by atoms with Crippen LogP contribution in [0.1, 0.15) is 24.5 Å². The lowest BCUT2D eigenvalue weighted by Crippen LogP contribution is -2.57. The van der Waals surface area contributed by atoms with Crippen molar-refractivity contribution in [2.24, 2.45) is 0 Å². The van der Waals surface area contributed by atoms with Gasteiger partial charge >= 0.3 is 0 Å². The molecule has 0 aromatic carbocycles. The largest absolute Gasteiger partial charge is 0.309 e. The molecule has 0 aliphatic carbocycles.